The Morgan fingerprint density at radius 2 is 1.92 bits per heavy atom. The Morgan fingerprint density at radius 1 is 1.42 bits per heavy atom. The Bertz CT molecular complexity index is 206. The lowest BCUT2D eigenvalue weighted by Gasteiger charge is -2.37. The van der Waals surface area contributed by atoms with Crippen LogP contribution in [0.25, 0.3) is 0 Å². The first-order valence-corrected chi connectivity index (χ1v) is 5.23. The van der Waals surface area contributed by atoms with E-state index in [1.807, 2.05) is 0 Å². The molecule has 0 saturated heterocycles. The van der Waals surface area contributed by atoms with E-state index in [0.29, 0.717) is 25.7 Å². The SMILES string of the molecule is N#C[C]1([AlH2])CCC(O)(CF)CC1. The van der Waals surface area contributed by atoms with Crippen molar-refractivity contribution in [3.63, 3.8) is 0 Å². The fourth-order valence-corrected chi connectivity index (χ4v) is 2.01. The quantitative estimate of drug-likeness (QED) is 0.607. The molecule has 1 saturated carbocycles. The highest BCUT2D eigenvalue weighted by Crippen LogP contribution is 2.43. The van der Waals surface area contributed by atoms with Crippen LogP contribution in [0.15, 0.2) is 0 Å². The number of nitrogens with zero attached hydrogens (tertiary/aromatic N) is 1. The number of aliphatic hydroxyl groups is 1. The van der Waals surface area contributed by atoms with Gasteiger partial charge in [-0.25, -0.2) is 4.39 Å². The van der Waals surface area contributed by atoms with Gasteiger partial charge in [-0.3, -0.25) is 0 Å². The van der Waals surface area contributed by atoms with Crippen molar-refractivity contribution >= 4 is 16.3 Å². The summed E-state index contributed by atoms with van der Waals surface area (Å²) >= 11 is 0.818. The average Bonchev–Trinajstić information content (AvgIpc) is 2.11. The summed E-state index contributed by atoms with van der Waals surface area (Å²) < 4.78 is 12.1. The first-order chi connectivity index (χ1) is 5.54. The molecule has 0 spiro atoms. The summed E-state index contributed by atoms with van der Waals surface area (Å²) in [4.78, 5) is 0. The van der Waals surface area contributed by atoms with Crippen LogP contribution in [0.4, 0.5) is 4.39 Å². The minimum absolute atomic E-state index is 0.207. The molecule has 1 aliphatic carbocycles. The predicted molar refractivity (Wildman–Crippen MR) is 46.2 cm³/mol. The Morgan fingerprint density at radius 3 is 2.25 bits per heavy atom. The number of halogens is 1. The maximum Gasteiger partial charge on any atom is 0.244 e. The van der Waals surface area contributed by atoms with E-state index in [4.69, 9.17) is 5.26 Å². The summed E-state index contributed by atoms with van der Waals surface area (Å²) in [6.07, 6.45) is 2.22. The second-order valence-electron chi connectivity index (χ2n) is 4.03. The van der Waals surface area contributed by atoms with Crippen molar-refractivity contribution in [3.05, 3.63) is 0 Å². The molecule has 0 bridgehead atoms. The third-order valence-corrected chi connectivity index (χ3v) is 4.03. The van der Waals surface area contributed by atoms with Gasteiger partial charge in [-0.2, -0.15) is 5.26 Å². The van der Waals surface area contributed by atoms with Crippen LogP contribution < -0.4 is 0 Å². The predicted octanol–water partition coefficient (Wildman–Crippen LogP) is 0.576. The molecule has 0 aromatic carbocycles. The summed E-state index contributed by atoms with van der Waals surface area (Å²) in [6.45, 7) is -0.671. The second kappa shape index (κ2) is 3.34. The molecule has 12 heavy (non-hydrogen) atoms. The fraction of sp³-hybridized carbons (Fsp3) is 0.875. The van der Waals surface area contributed by atoms with Gasteiger partial charge in [-0.05, 0) is 25.7 Å². The van der Waals surface area contributed by atoms with Crippen LogP contribution in [0.2, 0.25) is 4.28 Å². The maximum atomic E-state index is 12.3. The van der Waals surface area contributed by atoms with Gasteiger partial charge < -0.3 is 5.11 Å². The molecule has 0 heterocycles. The molecule has 0 unspecified atom stereocenters. The van der Waals surface area contributed by atoms with E-state index >= 15 is 0 Å². The molecule has 0 radical (unpaired) electrons. The van der Waals surface area contributed by atoms with Gasteiger partial charge in [0.25, 0.3) is 0 Å². The Labute approximate surface area is 79.8 Å². The lowest BCUT2D eigenvalue weighted by molar-refractivity contribution is -0.0213. The zero-order valence-electron chi connectivity index (χ0n) is 7.31. The Kier molecular flexibility index (Phi) is 2.78. The highest BCUT2D eigenvalue weighted by atomic mass is 27.0. The topological polar surface area (TPSA) is 44.0 Å². The molecule has 0 amide bonds. The van der Waals surface area contributed by atoms with Gasteiger partial charge in [-0.1, -0.05) is 0 Å². The van der Waals surface area contributed by atoms with Gasteiger partial charge in [0, 0.05) is 4.28 Å². The largest absolute Gasteiger partial charge is 0.387 e. The Hall–Kier alpha value is -0.0875. The summed E-state index contributed by atoms with van der Waals surface area (Å²) in [5, 5.41) is 18.3. The maximum absolute atomic E-state index is 12.3. The normalized spacial score (nSPS) is 42.1. The molecule has 0 atom stereocenters. The smallest absolute Gasteiger partial charge is 0.244 e. The van der Waals surface area contributed by atoms with Crippen molar-refractivity contribution in [1.29, 1.82) is 5.26 Å². The number of alkyl halides is 1. The molecule has 1 fully saturated rings. The van der Waals surface area contributed by atoms with E-state index in [0.717, 1.165) is 16.3 Å². The summed E-state index contributed by atoms with van der Waals surface area (Å²) in [7, 11) is 0. The van der Waals surface area contributed by atoms with Crippen molar-refractivity contribution < 1.29 is 9.50 Å². The molecule has 66 valence electrons. The molecular weight excluding hydrogens is 172 g/mol. The number of nitriles is 1. The van der Waals surface area contributed by atoms with Gasteiger partial charge in [0.1, 0.15) is 6.67 Å². The Balaban J connectivity index is 2.56. The molecule has 1 N–H and O–H groups in total. The van der Waals surface area contributed by atoms with Crippen LogP contribution in [-0.2, 0) is 0 Å². The lowest BCUT2D eigenvalue weighted by Crippen LogP contribution is -2.37. The first-order valence-electron chi connectivity index (χ1n) is 4.23. The van der Waals surface area contributed by atoms with Crippen LogP contribution in [0.5, 0.6) is 0 Å². The van der Waals surface area contributed by atoms with E-state index in [9.17, 15) is 9.50 Å². The second-order valence-corrected chi connectivity index (χ2v) is 5.94. The van der Waals surface area contributed by atoms with Crippen molar-refractivity contribution in [1.82, 2.24) is 0 Å². The first kappa shape index (κ1) is 10.00. The molecule has 4 heteroatoms. The van der Waals surface area contributed by atoms with Gasteiger partial charge in [0.05, 0.1) is 11.7 Å². The third kappa shape index (κ3) is 1.99. The number of hydrogen-bond acceptors (Lipinski definition) is 2. The van der Waals surface area contributed by atoms with Crippen LogP contribution in [0.1, 0.15) is 25.7 Å². The minimum atomic E-state index is -1.12. The average molecular weight is 185 g/mol. The zero-order valence-corrected chi connectivity index (χ0v) is 9.31. The summed E-state index contributed by atoms with van der Waals surface area (Å²) in [6, 6.07) is 2.27. The van der Waals surface area contributed by atoms with Crippen molar-refractivity contribution in [2.75, 3.05) is 6.67 Å². The van der Waals surface area contributed by atoms with E-state index in [1.165, 1.54) is 0 Å². The highest BCUT2D eigenvalue weighted by Gasteiger charge is 2.38. The van der Waals surface area contributed by atoms with Crippen LogP contribution in [0, 0.1) is 11.3 Å². The van der Waals surface area contributed by atoms with Crippen molar-refractivity contribution in [3.8, 4) is 6.07 Å². The number of hydrogen-bond donors (Lipinski definition) is 1. The van der Waals surface area contributed by atoms with E-state index < -0.39 is 12.3 Å². The van der Waals surface area contributed by atoms with Crippen molar-refractivity contribution in [2.45, 2.75) is 35.6 Å². The molecule has 2 nitrogen and oxygen atoms in total. The molecule has 1 aliphatic rings. The molecular formula is C8H13AlFNO. The summed E-state index contributed by atoms with van der Waals surface area (Å²) in [5.74, 6) is 0. The van der Waals surface area contributed by atoms with Crippen LogP contribution >= 0.6 is 0 Å². The molecule has 0 aliphatic heterocycles. The number of rotatable bonds is 1. The van der Waals surface area contributed by atoms with Crippen molar-refractivity contribution in [2.24, 2.45) is 0 Å². The standard InChI is InChI=1S/C8H11FNO.Al.2H/c9-6-8(11)3-1-7(5-10)2-4-8;;;/h11H,1-4,6H2;;;. The fourth-order valence-electron chi connectivity index (χ4n) is 1.51. The van der Waals surface area contributed by atoms with Gasteiger partial charge >= 0.3 is 0 Å². The minimum Gasteiger partial charge on any atom is -0.387 e. The van der Waals surface area contributed by atoms with Gasteiger partial charge in [0.2, 0.25) is 16.3 Å². The lowest BCUT2D eigenvalue weighted by atomic mass is 9.79. The molecule has 0 aromatic heterocycles. The third-order valence-electron chi connectivity index (χ3n) is 2.80. The molecule has 0 aromatic rings. The summed E-state index contributed by atoms with van der Waals surface area (Å²) in [5.41, 5.74) is -1.12. The highest BCUT2D eigenvalue weighted by molar-refractivity contribution is 6.17. The van der Waals surface area contributed by atoms with Gasteiger partial charge in [0.15, 0.2) is 0 Å². The van der Waals surface area contributed by atoms with Crippen LogP contribution in [-0.4, -0.2) is 33.7 Å². The van der Waals surface area contributed by atoms with E-state index in [1.54, 1.807) is 0 Å². The van der Waals surface area contributed by atoms with E-state index in [2.05, 4.69) is 6.07 Å². The van der Waals surface area contributed by atoms with Crippen LogP contribution in [0.3, 0.4) is 0 Å². The van der Waals surface area contributed by atoms with Gasteiger partial charge in [-0.15, -0.1) is 0 Å². The molecule has 1 rings (SSSR count). The van der Waals surface area contributed by atoms with E-state index in [-0.39, 0.29) is 4.28 Å². The zero-order chi connectivity index (χ0) is 9.24. The monoisotopic (exact) mass is 185 g/mol.